The van der Waals surface area contributed by atoms with E-state index in [4.69, 9.17) is 0 Å². The van der Waals surface area contributed by atoms with Crippen LogP contribution in [0.25, 0.3) is 5.69 Å². The molecule has 0 amide bonds. The van der Waals surface area contributed by atoms with Gasteiger partial charge in [0, 0.05) is 0 Å². The molecule has 0 radical (unpaired) electrons. The van der Waals surface area contributed by atoms with Gasteiger partial charge in [-0.25, -0.2) is 0 Å². The van der Waals surface area contributed by atoms with Crippen molar-refractivity contribution < 1.29 is 0 Å². The number of aromatic nitrogens is 4. The van der Waals surface area contributed by atoms with E-state index in [0.717, 1.165) is 24.4 Å². The molecule has 90 valence electrons. The number of hydrogen-bond acceptors (Lipinski definition) is 4. The van der Waals surface area contributed by atoms with Gasteiger partial charge in [0.15, 0.2) is 5.82 Å². The van der Waals surface area contributed by atoms with Gasteiger partial charge in [-0.05, 0) is 41.6 Å². The number of rotatable bonds is 5. The quantitative estimate of drug-likeness (QED) is 0.843. The van der Waals surface area contributed by atoms with Crippen molar-refractivity contribution in [2.24, 2.45) is 0 Å². The first-order valence-electron chi connectivity index (χ1n) is 5.86. The van der Waals surface area contributed by atoms with Gasteiger partial charge in [-0.15, -0.1) is 5.10 Å². The average Bonchev–Trinajstić information content (AvgIpc) is 2.79. The highest BCUT2D eigenvalue weighted by molar-refractivity contribution is 5.34. The maximum atomic E-state index is 4.00. The van der Waals surface area contributed by atoms with Crippen LogP contribution in [0.4, 0.5) is 0 Å². The van der Waals surface area contributed by atoms with Crippen LogP contribution < -0.4 is 5.32 Å². The first-order chi connectivity index (χ1) is 8.35. The van der Waals surface area contributed by atoms with Crippen LogP contribution in [0.1, 0.15) is 24.7 Å². The maximum Gasteiger partial charge on any atom is 0.170 e. The highest BCUT2D eigenvalue weighted by Gasteiger charge is 2.06. The minimum atomic E-state index is 0.656. The van der Waals surface area contributed by atoms with Gasteiger partial charge in [0.05, 0.1) is 12.2 Å². The topological polar surface area (TPSA) is 55.6 Å². The largest absolute Gasteiger partial charge is 0.313 e. The Kier molecular flexibility index (Phi) is 3.82. The molecule has 0 unspecified atom stereocenters. The summed E-state index contributed by atoms with van der Waals surface area (Å²) < 4.78 is 1.76. The number of benzene rings is 1. The predicted octanol–water partition coefficient (Wildman–Crippen LogP) is 1.33. The lowest BCUT2D eigenvalue weighted by Crippen LogP contribution is -2.12. The molecule has 1 aromatic carbocycles. The Morgan fingerprint density at radius 1 is 1.24 bits per heavy atom. The third kappa shape index (κ3) is 2.68. The zero-order valence-electron chi connectivity index (χ0n) is 10.2. The van der Waals surface area contributed by atoms with Crippen LogP contribution in [0, 0.1) is 0 Å². The summed E-state index contributed by atoms with van der Waals surface area (Å²) in [6, 6.07) is 8.37. The molecule has 5 heteroatoms. The van der Waals surface area contributed by atoms with E-state index >= 15 is 0 Å². The van der Waals surface area contributed by atoms with Crippen LogP contribution in [0.15, 0.2) is 24.3 Å². The molecule has 0 fully saturated rings. The molecule has 2 aromatic rings. The second kappa shape index (κ2) is 5.54. The Balaban J connectivity index is 2.23. The fraction of sp³-hybridized carbons (Fsp3) is 0.417. The zero-order chi connectivity index (χ0) is 12.1. The lowest BCUT2D eigenvalue weighted by Gasteiger charge is -2.05. The minimum Gasteiger partial charge on any atom is -0.313 e. The monoisotopic (exact) mass is 231 g/mol. The minimum absolute atomic E-state index is 0.656. The Bertz CT molecular complexity index is 460. The van der Waals surface area contributed by atoms with E-state index in [-0.39, 0.29) is 0 Å². The molecule has 0 aliphatic rings. The Morgan fingerprint density at radius 3 is 2.65 bits per heavy atom. The van der Waals surface area contributed by atoms with E-state index in [0.29, 0.717) is 6.54 Å². The molecule has 17 heavy (non-hydrogen) atoms. The summed E-state index contributed by atoms with van der Waals surface area (Å²) in [4.78, 5) is 0. The number of aryl methyl sites for hydroxylation is 1. The first kappa shape index (κ1) is 11.7. The standard InChI is InChI=1S/C12H17N5/c1-3-4-10-5-7-11(8-6-10)17-12(9-13-2)14-15-16-17/h5-8,13H,3-4,9H2,1-2H3. The van der Waals surface area contributed by atoms with Gasteiger partial charge >= 0.3 is 0 Å². The van der Waals surface area contributed by atoms with Crippen molar-refractivity contribution in [1.29, 1.82) is 0 Å². The van der Waals surface area contributed by atoms with E-state index < -0.39 is 0 Å². The molecule has 0 aliphatic heterocycles. The summed E-state index contributed by atoms with van der Waals surface area (Å²) in [5, 5.41) is 14.7. The van der Waals surface area contributed by atoms with E-state index in [1.807, 2.05) is 7.05 Å². The van der Waals surface area contributed by atoms with Crippen molar-refractivity contribution in [3.05, 3.63) is 35.7 Å². The van der Waals surface area contributed by atoms with E-state index in [1.54, 1.807) is 4.68 Å². The van der Waals surface area contributed by atoms with Gasteiger partial charge in [0.25, 0.3) is 0 Å². The van der Waals surface area contributed by atoms with Crippen molar-refractivity contribution in [1.82, 2.24) is 25.5 Å². The maximum absolute atomic E-state index is 4.00. The summed E-state index contributed by atoms with van der Waals surface area (Å²) in [7, 11) is 1.88. The van der Waals surface area contributed by atoms with Crippen LogP contribution in [-0.4, -0.2) is 27.3 Å². The molecular weight excluding hydrogens is 214 g/mol. The Hall–Kier alpha value is -1.75. The summed E-state index contributed by atoms with van der Waals surface area (Å²) in [6.07, 6.45) is 2.27. The van der Waals surface area contributed by atoms with Crippen molar-refractivity contribution >= 4 is 0 Å². The van der Waals surface area contributed by atoms with Crippen LogP contribution in [0.2, 0.25) is 0 Å². The molecule has 1 N–H and O–H groups in total. The first-order valence-corrected chi connectivity index (χ1v) is 5.86. The average molecular weight is 231 g/mol. The van der Waals surface area contributed by atoms with Crippen LogP contribution in [0.3, 0.4) is 0 Å². The number of hydrogen-bond donors (Lipinski definition) is 1. The number of nitrogens with zero attached hydrogens (tertiary/aromatic N) is 4. The molecule has 0 aliphatic carbocycles. The highest BCUT2D eigenvalue weighted by Crippen LogP contribution is 2.11. The Morgan fingerprint density at radius 2 is 2.00 bits per heavy atom. The van der Waals surface area contributed by atoms with E-state index in [1.165, 1.54) is 5.56 Å². The van der Waals surface area contributed by atoms with Gasteiger partial charge in [-0.3, -0.25) is 0 Å². The van der Waals surface area contributed by atoms with E-state index in [2.05, 4.69) is 52.0 Å². The SMILES string of the molecule is CCCc1ccc(-n2nnnc2CNC)cc1. The Labute approximate surface area is 101 Å². The molecule has 0 bridgehead atoms. The number of nitrogens with one attached hydrogen (secondary N) is 1. The van der Waals surface area contributed by atoms with Crippen LogP contribution in [-0.2, 0) is 13.0 Å². The smallest absolute Gasteiger partial charge is 0.170 e. The second-order valence-electron chi connectivity index (χ2n) is 3.95. The van der Waals surface area contributed by atoms with Crippen molar-refractivity contribution in [3.8, 4) is 5.69 Å². The zero-order valence-corrected chi connectivity index (χ0v) is 10.2. The number of tetrazole rings is 1. The van der Waals surface area contributed by atoms with Crippen molar-refractivity contribution in [2.45, 2.75) is 26.3 Å². The van der Waals surface area contributed by atoms with Gasteiger partial charge in [0.1, 0.15) is 0 Å². The fourth-order valence-electron chi connectivity index (χ4n) is 1.77. The van der Waals surface area contributed by atoms with Crippen molar-refractivity contribution in [3.63, 3.8) is 0 Å². The second-order valence-corrected chi connectivity index (χ2v) is 3.95. The molecule has 1 aromatic heterocycles. The van der Waals surface area contributed by atoms with E-state index in [9.17, 15) is 0 Å². The van der Waals surface area contributed by atoms with Crippen molar-refractivity contribution in [2.75, 3.05) is 7.05 Å². The molecule has 1 heterocycles. The third-order valence-corrected chi connectivity index (χ3v) is 2.59. The summed E-state index contributed by atoms with van der Waals surface area (Å²) >= 11 is 0. The molecule has 5 nitrogen and oxygen atoms in total. The predicted molar refractivity (Wildman–Crippen MR) is 65.9 cm³/mol. The van der Waals surface area contributed by atoms with Gasteiger partial charge in [0.2, 0.25) is 0 Å². The molecule has 0 saturated carbocycles. The van der Waals surface area contributed by atoms with Gasteiger partial charge < -0.3 is 5.32 Å². The van der Waals surface area contributed by atoms with Crippen LogP contribution >= 0.6 is 0 Å². The van der Waals surface area contributed by atoms with Gasteiger partial charge in [-0.2, -0.15) is 4.68 Å². The summed E-state index contributed by atoms with van der Waals surface area (Å²) in [6.45, 7) is 2.84. The van der Waals surface area contributed by atoms with Crippen LogP contribution in [0.5, 0.6) is 0 Å². The molecule has 0 saturated heterocycles. The lowest BCUT2D eigenvalue weighted by atomic mass is 10.1. The fourth-order valence-corrected chi connectivity index (χ4v) is 1.77. The van der Waals surface area contributed by atoms with Gasteiger partial charge in [-0.1, -0.05) is 25.5 Å². The highest BCUT2D eigenvalue weighted by atomic mass is 15.5. The normalized spacial score (nSPS) is 10.7. The molecule has 2 rings (SSSR count). The lowest BCUT2D eigenvalue weighted by molar-refractivity contribution is 0.708. The molecule has 0 spiro atoms. The third-order valence-electron chi connectivity index (χ3n) is 2.59. The molecule has 0 atom stereocenters. The molecular formula is C12H17N5. The summed E-state index contributed by atoms with van der Waals surface area (Å²) in [5.74, 6) is 0.816. The summed E-state index contributed by atoms with van der Waals surface area (Å²) in [5.41, 5.74) is 2.35.